The molecule has 1 fully saturated rings. The molecule has 1 atom stereocenters. The SMILES string of the molecule is CNCC1CCCN(c2cc(C(F)(F)F)ccn2)C1. The van der Waals surface area contributed by atoms with Gasteiger partial charge in [-0.25, -0.2) is 4.98 Å². The van der Waals surface area contributed by atoms with E-state index in [2.05, 4.69) is 10.3 Å². The molecule has 1 aliphatic heterocycles. The van der Waals surface area contributed by atoms with Crippen LogP contribution in [-0.2, 0) is 6.18 Å². The van der Waals surface area contributed by atoms with Gasteiger partial charge in [-0.15, -0.1) is 0 Å². The molecule has 0 saturated carbocycles. The summed E-state index contributed by atoms with van der Waals surface area (Å²) < 4.78 is 38.0. The van der Waals surface area contributed by atoms with Gasteiger partial charge in [0.1, 0.15) is 5.82 Å². The Hall–Kier alpha value is -1.30. The molecule has 2 heterocycles. The predicted octanol–water partition coefficient (Wildman–Crippen LogP) is 2.54. The van der Waals surface area contributed by atoms with Gasteiger partial charge in [0, 0.05) is 19.3 Å². The average Bonchev–Trinajstić information content (AvgIpc) is 2.39. The molecule has 1 aromatic heterocycles. The number of alkyl halides is 3. The molecule has 19 heavy (non-hydrogen) atoms. The lowest BCUT2D eigenvalue weighted by Gasteiger charge is -2.33. The highest BCUT2D eigenvalue weighted by Gasteiger charge is 2.31. The Balaban J connectivity index is 2.13. The highest BCUT2D eigenvalue weighted by atomic mass is 19.4. The highest BCUT2D eigenvalue weighted by molar-refractivity contribution is 5.42. The number of halogens is 3. The van der Waals surface area contributed by atoms with Crippen LogP contribution in [0.1, 0.15) is 18.4 Å². The molecular weight excluding hydrogens is 255 g/mol. The van der Waals surface area contributed by atoms with Crippen molar-refractivity contribution in [3.05, 3.63) is 23.9 Å². The van der Waals surface area contributed by atoms with Gasteiger partial charge in [0.05, 0.1) is 5.56 Å². The highest BCUT2D eigenvalue weighted by Crippen LogP contribution is 2.31. The van der Waals surface area contributed by atoms with Crippen molar-refractivity contribution >= 4 is 5.82 Å². The van der Waals surface area contributed by atoms with Gasteiger partial charge in [0.2, 0.25) is 0 Å². The topological polar surface area (TPSA) is 28.2 Å². The maximum atomic E-state index is 12.7. The van der Waals surface area contributed by atoms with Crippen molar-refractivity contribution in [3.63, 3.8) is 0 Å². The lowest BCUT2D eigenvalue weighted by molar-refractivity contribution is -0.137. The first-order valence-electron chi connectivity index (χ1n) is 6.43. The molecule has 6 heteroatoms. The van der Waals surface area contributed by atoms with Crippen molar-refractivity contribution in [2.24, 2.45) is 5.92 Å². The molecule has 0 aliphatic carbocycles. The van der Waals surface area contributed by atoms with Crippen LogP contribution >= 0.6 is 0 Å². The van der Waals surface area contributed by atoms with E-state index in [0.717, 1.165) is 44.6 Å². The van der Waals surface area contributed by atoms with Crippen LogP contribution < -0.4 is 10.2 Å². The van der Waals surface area contributed by atoms with E-state index >= 15 is 0 Å². The van der Waals surface area contributed by atoms with E-state index in [1.807, 2.05) is 11.9 Å². The molecule has 0 radical (unpaired) electrons. The van der Waals surface area contributed by atoms with E-state index in [1.54, 1.807) is 0 Å². The second-order valence-electron chi connectivity index (χ2n) is 4.91. The monoisotopic (exact) mass is 273 g/mol. The summed E-state index contributed by atoms with van der Waals surface area (Å²) in [5.41, 5.74) is -0.631. The van der Waals surface area contributed by atoms with Crippen LogP contribution in [0.2, 0.25) is 0 Å². The molecule has 106 valence electrons. The van der Waals surface area contributed by atoms with Crippen LogP contribution in [0.5, 0.6) is 0 Å². The summed E-state index contributed by atoms with van der Waals surface area (Å²) in [5.74, 6) is 0.894. The number of rotatable bonds is 3. The number of nitrogens with one attached hydrogen (secondary N) is 1. The van der Waals surface area contributed by atoms with Crippen LogP contribution in [0, 0.1) is 5.92 Å². The summed E-state index contributed by atoms with van der Waals surface area (Å²) in [6.07, 6.45) is -0.974. The van der Waals surface area contributed by atoms with Crippen LogP contribution in [0.4, 0.5) is 19.0 Å². The van der Waals surface area contributed by atoms with Gasteiger partial charge in [-0.3, -0.25) is 0 Å². The van der Waals surface area contributed by atoms with E-state index < -0.39 is 11.7 Å². The maximum absolute atomic E-state index is 12.7. The van der Waals surface area contributed by atoms with Crippen LogP contribution in [0.3, 0.4) is 0 Å². The molecule has 0 amide bonds. The summed E-state index contributed by atoms with van der Waals surface area (Å²) in [5, 5.41) is 3.12. The van der Waals surface area contributed by atoms with E-state index in [-0.39, 0.29) is 0 Å². The summed E-state index contributed by atoms with van der Waals surface area (Å²) in [6, 6.07) is 2.15. The normalized spacial score (nSPS) is 20.6. The zero-order chi connectivity index (χ0) is 13.9. The molecule has 0 spiro atoms. The number of anilines is 1. The van der Waals surface area contributed by atoms with Gasteiger partial charge in [-0.2, -0.15) is 13.2 Å². The van der Waals surface area contributed by atoms with Gasteiger partial charge in [-0.1, -0.05) is 0 Å². The minimum atomic E-state index is -4.31. The zero-order valence-corrected chi connectivity index (χ0v) is 10.9. The molecular formula is C13H18F3N3. The van der Waals surface area contributed by atoms with Crippen molar-refractivity contribution in [3.8, 4) is 0 Å². The lowest BCUT2D eigenvalue weighted by Crippen LogP contribution is -2.39. The van der Waals surface area contributed by atoms with Crippen LogP contribution in [0.15, 0.2) is 18.3 Å². The minimum absolute atomic E-state index is 0.427. The summed E-state index contributed by atoms with van der Waals surface area (Å²) in [4.78, 5) is 6.02. The lowest BCUT2D eigenvalue weighted by atomic mass is 9.98. The third-order valence-corrected chi connectivity index (χ3v) is 3.41. The fourth-order valence-electron chi connectivity index (χ4n) is 2.50. The third-order valence-electron chi connectivity index (χ3n) is 3.41. The van der Waals surface area contributed by atoms with Crippen molar-refractivity contribution in [1.82, 2.24) is 10.3 Å². The number of piperidine rings is 1. The average molecular weight is 273 g/mol. The first-order valence-corrected chi connectivity index (χ1v) is 6.43. The van der Waals surface area contributed by atoms with Crippen molar-refractivity contribution in [1.29, 1.82) is 0 Å². The Bertz CT molecular complexity index is 418. The molecule has 1 N–H and O–H groups in total. The molecule has 1 aliphatic rings. The Morgan fingerprint density at radius 2 is 2.26 bits per heavy atom. The van der Waals surface area contributed by atoms with E-state index in [4.69, 9.17) is 0 Å². The van der Waals surface area contributed by atoms with Crippen molar-refractivity contribution in [2.45, 2.75) is 19.0 Å². The number of nitrogens with zero attached hydrogens (tertiary/aromatic N) is 2. The first kappa shape index (κ1) is 14.1. The molecule has 1 aromatic rings. The fourth-order valence-corrected chi connectivity index (χ4v) is 2.50. The molecule has 1 unspecified atom stereocenters. The van der Waals surface area contributed by atoms with Crippen LogP contribution in [-0.4, -0.2) is 31.7 Å². The quantitative estimate of drug-likeness (QED) is 0.917. The van der Waals surface area contributed by atoms with E-state index in [9.17, 15) is 13.2 Å². The van der Waals surface area contributed by atoms with Gasteiger partial charge in [-0.05, 0) is 44.5 Å². The van der Waals surface area contributed by atoms with Gasteiger partial charge < -0.3 is 10.2 Å². The van der Waals surface area contributed by atoms with Crippen molar-refractivity contribution < 1.29 is 13.2 Å². The largest absolute Gasteiger partial charge is 0.416 e. The Labute approximate surface area is 110 Å². The molecule has 1 saturated heterocycles. The third kappa shape index (κ3) is 3.59. The van der Waals surface area contributed by atoms with Gasteiger partial charge in [0.25, 0.3) is 0 Å². The number of aromatic nitrogens is 1. The van der Waals surface area contributed by atoms with E-state index in [0.29, 0.717) is 11.7 Å². The molecule has 2 rings (SSSR count). The summed E-state index contributed by atoms with van der Waals surface area (Å²) >= 11 is 0. The summed E-state index contributed by atoms with van der Waals surface area (Å²) in [7, 11) is 1.89. The molecule has 0 aromatic carbocycles. The van der Waals surface area contributed by atoms with Crippen molar-refractivity contribution in [2.75, 3.05) is 31.6 Å². The number of hydrogen-bond donors (Lipinski definition) is 1. The van der Waals surface area contributed by atoms with E-state index in [1.165, 1.54) is 6.20 Å². The zero-order valence-electron chi connectivity index (χ0n) is 10.9. The van der Waals surface area contributed by atoms with Gasteiger partial charge in [0.15, 0.2) is 0 Å². The second-order valence-corrected chi connectivity index (χ2v) is 4.91. The van der Waals surface area contributed by atoms with Gasteiger partial charge >= 0.3 is 6.18 Å². The molecule has 0 bridgehead atoms. The number of hydrogen-bond acceptors (Lipinski definition) is 3. The number of pyridine rings is 1. The minimum Gasteiger partial charge on any atom is -0.356 e. The van der Waals surface area contributed by atoms with Crippen LogP contribution in [0.25, 0.3) is 0 Å². The Morgan fingerprint density at radius 3 is 2.95 bits per heavy atom. The smallest absolute Gasteiger partial charge is 0.356 e. The Morgan fingerprint density at radius 1 is 1.47 bits per heavy atom. The predicted molar refractivity (Wildman–Crippen MR) is 68.1 cm³/mol. The second kappa shape index (κ2) is 5.77. The Kier molecular flexibility index (Phi) is 4.29. The fraction of sp³-hybridized carbons (Fsp3) is 0.615. The molecule has 3 nitrogen and oxygen atoms in total. The summed E-state index contributed by atoms with van der Waals surface area (Å²) in [6.45, 7) is 2.42. The first-order chi connectivity index (χ1) is 9.00. The standard InChI is InChI=1S/C13H18F3N3/c1-17-8-10-3-2-6-19(9-10)12-7-11(4-5-18-12)13(14,15)16/h4-5,7,10,17H,2-3,6,8-9H2,1H3. The maximum Gasteiger partial charge on any atom is 0.416 e.